The van der Waals surface area contributed by atoms with E-state index in [-0.39, 0.29) is 47.8 Å². The lowest BCUT2D eigenvalue weighted by Crippen LogP contribution is -2.40. The third-order valence-electron chi connectivity index (χ3n) is 8.77. The summed E-state index contributed by atoms with van der Waals surface area (Å²) in [6.07, 6.45) is 4.20. The van der Waals surface area contributed by atoms with Crippen LogP contribution in [0.3, 0.4) is 0 Å². The maximum Gasteiger partial charge on any atom is 0.233 e. The van der Waals surface area contributed by atoms with Gasteiger partial charge in [-0.05, 0) is 68.0 Å². The molecule has 1 saturated heterocycles. The van der Waals surface area contributed by atoms with Crippen LogP contribution in [0.5, 0.6) is 17.2 Å². The van der Waals surface area contributed by atoms with Gasteiger partial charge in [-0.2, -0.15) is 0 Å². The summed E-state index contributed by atoms with van der Waals surface area (Å²) in [6.45, 7) is 1.81. The van der Waals surface area contributed by atoms with Gasteiger partial charge in [-0.3, -0.25) is 24.1 Å². The minimum atomic E-state index is -0.778. The van der Waals surface area contributed by atoms with Crippen molar-refractivity contribution >= 4 is 23.4 Å². The van der Waals surface area contributed by atoms with E-state index in [1.807, 2.05) is 6.08 Å². The number of carbonyl (C=O) groups is 4. The Morgan fingerprint density at radius 3 is 2.45 bits per heavy atom. The average molecular weight is 540 g/mol. The number of hydrogen-bond acceptors (Lipinski definition) is 7. The first-order valence-corrected chi connectivity index (χ1v) is 13.4. The summed E-state index contributed by atoms with van der Waals surface area (Å²) in [6, 6.07) is 11.5. The van der Waals surface area contributed by atoms with E-state index >= 15 is 0 Å². The zero-order chi connectivity index (χ0) is 28.3. The molecule has 204 valence electrons. The first-order chi connectivity index (χ1) is 19.2. The lowest BCUT2D eigenvalue weighted by atomic mass is 9.59. The highest BCUT2D eigenvalue weighted by atomic mass is 16.5. The molecule has 1 aliphatic heterocycles. The first kappa shape index (κ1) is 25.8. The minimum absolute atomic E-state index is 0.0725. The third-order valence-corrected chi connectivity index (χ3v) is 8.77. The molecule has 0 aromatic heterocycles. The Morgan fingerprint density at radius 2 is 1.73 bits per heavy atom. The van der Waals surface area contributed by atoms with E-state index in [1.165, 1.54) is 24.2 Å². The average Bonchev–Trinajstić information content (AvgIpc) is 3.19. The van der Waals surface area contributed by atoms with Crippen molar-refractivity contribution in [3.8, 4) is 17.2 Å². The van der Waals surface area contributed by atoms with Crippen LogP contribution in [-0.4, -0.2) is 52.1 Å². The Morgan fingerprint density at radius 1 is 0.975 bits per heavy atom. The minimum Gasteiger partial charge on any atom is -0.508 e. The third kappa shape index (κ3) is 3.89. The summed E-state index contributed by atoms with van der Waals surface area (Å²) in [4.78, 5) is 55.5. The van der Waals surface area contributed by atoms with Gasteiger partial charge in [0.1, 0.15) is 17.2 Å². The van der Waals surface area contributed by atoms with E-state index in [4.69, 9.17) is 4.74 Å². The highest BCUT2D eigenvalue weighted by Crippen LogP contribution is 2.57. The number of amides is 2. The smallest absolute Gasteiger partial charge is 0.233 e. The van der Waals surface area contributed by atoms with Gasteiger partial charge in [0.25, 0.3) is 0 Å². The zero-order valence-corrected chi connectivity index (χ0v) is 22.2. The van der Waals surface area contributed by atoms with E-state index in [0.29, 0.717) is 40.9 Å². The molecule has 2 amide bonds. The molecule has 0 spiro atoms. The van der Waals surface area contributed by atoms with Crippen LogP contribution in [0.25, 0.3) is 0 Å². The number of carbonyl (C=O) groups excluding carboxylic acids is 4. The summed E-state index contributed by atoms with van der Waals surface area (Å²) in [5.41, 5.74) is 2.99. The van der Waals surface area contributed by atoms with Gasteiger partial charge in [0.05, 0.1) is 18.9 Å². The molecule has 8 nitrogen and oxygen atoms in total. The van der Waals surface area contributed by atoms with Crippen LogP contribution in [0.4, 0.5) is 0 Å². The van der Waals surface area contributed by atoms with Crippen LogP contribution in [0, 0.1) is 17.8 Å². The van der Waals surface area contributed by atoms with Crippen molar-refractivity contribution in [2.45, 2.75) is 32.1 Å². The van der Waals surface area contributed by atoms with Gasteiger partial charge in [0.2, 0.25) is 11.8 Å². The fraction of sp³-hybridized carbons (Fsp3) is 0.312. The van der Waals surface area contributed by atoms with Crippen LogP contribution in [-0.2, 0) is 25.6 Å². The second-order valence-electron chi connectivity index (χ2n) is 10.9. The molecule has 4 atom stereocenters. The molecule has 6 rings (SSSR count). The maximum absolute atomic E-state index is 13.9. The monoisotopic (exact) mass is 539 g/mol. The molecule has 8 heteroatoms. The number of Topliss-reactive ketones (excluding diaryl/α,β-unsaturated/α-hetero) is 1. The number of methoxy groups -OCH3 is 1. The van der Waals surface area contributed by atoms with Crippen molar-refractivity contribution in [2.75, 3.05) is 13.7 Å². The fourth-order valence-electron chi connectivity index (χ4n) is 6.88. The van der Waals surface area contributed by atoms with Crippen molar-refractivity contribution in [3.63, 3.8) is 0 Å². The van der Waals surface area contributed by atoms with E-state index < -0.39 is 23.7 Å². The second-order valence-corrected chi connectivity index (χ2v) is 10.9. The Hall–Kier alpha value is -4.46. The number of likely N-dealkylation sites (tertiary alicyclic amines) is 1. The number of allylic oxidation sites excluding steroid dienone is 6. The molecule has 0 radical (unpaired) electrons. The maximum atomic E-state index is 13.9. The first-order valence-electron chi connectivity index (χ1n) is 13.4. The van der Waals surface area contributed by atoms with Crippen molar-refractivity contribution in [2.24, 2.45) is 17.8 Å². The number of nitrogens with zero attached hydrogens (tertiary/aromatic N) is 1. The summed E-state index contributed by atoms with van der Waals surface area (Å²) in [7, 11) is 1.48. The Kier molecular flexibility index (Phi) is 6.21. The normalized spacial score (nSPS) is 25.8. The molecule has 3 aliphatic carbocycles. The molecule has 2 aromatic rings. The Labute approximate surface area is 231 Å². The Balaban J connectivity index is 1.41. The topological polar surface area (TPSA) is 121 Å². The van der Waals surface area contributed by atoms with Gasteiger partial charge in [0, 0.05) is 34.7 Å². The van der Waals surface area contributed by atoms with Crippen LogP contribution in [0.1, 0.15) is 36.8 Å². The highest BCUT2D eigenvalue weighted by Gasteiger charge is 2.56. The number of ether oxygens (including phenoxy) is 1. The number of benzene rings is 2. The van der Waals surface area contributed by atoms with Gasteiger partial charge < -0.3 is 14.9 Å². The predicted molar refractivity (Wildman–Crippen MR) is 145 cm³/mol. The summed E-state index contributed by atoms with van der Waals surface area (Å²) < 4.78 is 5.59. The largest absolute Gasteiger partial charge is 0.508 e. The molecule has 2 N–H and O–H groups in total. The van der Waals surface area contributed by atoms with Gasteiger partial charge in [0.15, 0.2) is 11.6 Å². The van der Waals surface area contributed by atoms with Crippen molar-refractivity contribution < 1.29 is 34.1 Å². The molecule has 4 unspecified atom stereocenters. The van der Waals surface area contributed by atoms with E-state index in [0.717, 1.165) is 11.1 Å². The molecule has 4 aliphatic rings. The zero-order valence-electron chi connectivity index (χ0n) is 22.2. The molecular weight excluding hydrogens is 510 g/mol. The standard InChI is InChI=1S/C32H29NO7/c1-16-14-24(36)22-15-21-19(27(28(22)30(16)37)29-23(35)4-3-5-25(29)40-2)10-11-20-26(21)32(39)33(31(20)38)13-12-17-6-8-18(34)9-7-17/h3-10,14,20-21,26-27,34-35H,11-13,15H2,1-2H3. The number of phenolic OH excluding ortho intramolecular Hbond substituents is 2. The Bertz CT molecular complexity index is 1560. The van der Waals surface area contributed by atoms with E-state index in [1.54, 1.807) is 43.3 Å². The van der Waals surface area contributed by atoms with E-state index in [2.05, 4.69) is 0 Å². The number of imide groups is 1. The number of phenols is 2. The second kappa shape index (κ2) is 9.62. The van der Waals surface area contributed by atoms with Gasteiger partial charge in [-0.1, -0.05) is 29.8 Å². The van der Waals surface area contributed by atoms with Crippen molar-refractivity contribution in [1.29, 1.82) is 0 Å². The van der Waals surface area contributed by atoms with Crippen molar-refractivity contribution in [3.05, 3.63) is 88.0 Å². The molecule has 2 aromatic carbocycles. The number of hydrogen-bond donors (Lipinski definition) is 2. The van der Waals surface area contributed by atoms with Crippen LogP contribution in [0.2, 0.25) is 0 Å². The number of ketones is 2. The lowest BCUT2D eigenvalue weighted by molar-refractivity contribution is -0.140. The highest BCUT2D eigenvalue weighted by molar-refractivity contribution is 6.24. The molecule has 40 heavy (non-hydrogen) atoms. The van der Waals surface area contributed by atoms with Crippen LogP contribution < -0.4 is 4.74 Å². The fourth-order valence-corrected chi connectivity index (χ4v) is 6.88. The summed E-state index contributed by atoms with van der Waals surface area (Å²) in [5, 5.41) is 20.6. The number of rotatable bonds is 5. The van der Waals surface area contributed by atoms with Gasteiger partial charge >= 0.3 is 0 Å². The molecular formula is C32H29NO7. The van der Waals surface area contributed by atoms with Crippen LogP contribution >= 0.6 is 0 Å². The molecule has 1 heterocycles. The molecule has 0 bridgehead atoms. The summed E-state index contributed by atoms with van der Waals surface area (Å²) in [5.74, 6) is -3.11. The number of fused-ring (bicyclic) bond motifs is 3. The molecule has 1 fully saturated rings. The van der Waals surface area contributed by atoms with Gasteiger partial charge in [-0.25, -0.2) is 0 Å². The van der Waals surface area contributed by atoms with Crippen LogP contribution in [0.15, 0.2) is 76.9 Å². The molecule has 0 saturated carbocycles. The quantitative estimate of drug-likeness (QED) is 0.337. The SMILES string of the molecule is COc1cccc(O)c1C1C2=CCC3C(=O)N(CCc4ccc(O)cc4)C(=O)C3C2CC2=C1C(=O)C(C)=CC2=O. The lowest BCUT2D eigenvalue weighted by Gasteiger charge is -2.42. The van der Waals surface area contributed by atoms with Crippen molar-refractivity contribution in [1.82, 2.24) is 4.90 Å². The number of aromatic hydroxyl groups is 2. The summed E-state index contributed by atoms with van der Waals surface area (Å²) >= 11 is 0. The predicted octanol–water partition coefficient (Wildman–Crippen LogP) is 3.78. The van der Waals surface area contributed by atoms with E-state index in [9.17, 15) is 29.4 Å². The van der Waals surface area contributed by atoms with Gasteiger partial charge in [-0.15, -0.1) is 0 Å².